The van der Waals surface area contributed by atoms with Crippen molar-refractivity contribution in [1.82, 2.24) is 4.90 Å². The van der Waals surface area contributed by atoms with Gasteiger partial charge in [0.15, 0.2) is 5.78 Å². The van der Waals surface area contributed by atoms with Gasteiger partial charge in [0.2, 0.25) is 0 Å². The maximum absolute atomic E-state index is 11.3. The van der Waals surface area contributed by atoms with Crippen LogP contribution >= 0.6 is 0 Å². The second-order valence-electron chi connectivity index (χ2n) is 4.94. The molecular formula is C15H21NO4. The van der Waals surface area contributed by atoms with Crippen molar-refractivity contribution in [2.24, 2.45) is 0 Å². The molecule has 1 N–H and O–H groups in total. The van der Waals surface area contributed by atoms with Crippen molar-refractivity contribution < 1.29 is 19.4 Å². The molecule has 0 aromatic heterocycles. The SMILES string of the molecule is CC(=O)c1ccc(OCCN2CCOCC2)c(C)c1O. The van der Waals surface area contributed by atoms with Gasteiger partial charge >= 0.3 is 0 Å². The molecule has 1 aliphatic heterocycles. The molecule has 0 radical (unpaired) electrons. The standard InChI is InChI=1S/C15H21NO4/c1-11-14(4-3-13(12(2)17)15(11)18)20-10-7-16-5-8-19-9-6-16/h3-4,18H,5-10H2,1-2H3. The minimum atomic E-state index is -0.148. The van der Waals surface area contributed by atoms with Gasteiger partial charge in [0.1, 0.15) is 18.1 Å². The summed E-state index contributed by atoms with van der Waals surface area (Å²) in [6.07, 6.45) is 0. The van der Waals surface area contributed by atoms with E-state index in [0.717, 1.165) is 32.8 Å². The van der Waals surface area contributed by atoms with Gasteiger partial charge in [-0.05, 0) is 26.0 Å². The highest BCUT2D eigenvalue weighted by molar-refractivity contribution is 5.97. The molecule has 5 nitrogen and oxygen atoms in total. The number of hydrogen-bond donors (Lipinski definition) is 1. The summed E-state index contributed by atoms with van der Waals surface area (Å²) in [7, 11) is 0. The lowest BCUT2D eigenvalue weighted by molar-refractivity contribution is 0.0322. The molecule has 1 fully saturated rings. The number of rotatable bonds is 5. The predicted octanol–water partition coefficient (Wildman–Crippen LogP) is 1.61. The molecule has 1 aromatic carbocycles. The number of morpholine rings is 1. The van der Waals surface area contributed by atoms with Gasteiger partial charge in [-0.15, -0.1) is 0 Å². The maximum Gasteiger partial charge on any atom is 0.163 e. The molecule has 0 unspecified atom stereocenters. The predicted molar refractivity (Wildman–Crippen MR) is 75.6 cm³/mol. The Bertz CT molecular complexity index is 481. The van der Waals surface area contributed by atoms with Gasteiger partial charge in [0.05, 0.1) is 18.8 Å². The first-order chi connectivity index (χ1) is 9.59. The van der Waals surface area contributed by atoms with Crippen LogP contribution in [0.25, 0.3) is 0 Å². The summed E-state index contributed by atoms with van der Waals surface area (Å²) in [6.45, 7) is 7.98. The first kappa shape index (κ1) is 14.8. The number of ether oxygens (including phenoxy) is 2. The minimum absolute atomic E-state index is 0.0152. The van der Waals surface area contributed by atoms with Gasteiger partial charge in [-0.3, -0.25) is 9.69 Å². The third-order valence-corrected chi connectivity index (χ3v) is 3.53. The summed E-state index contributed by atoms with van der Waals surface area (Å²) in [4.78, 5) is 13.6. The van der Waals surface area contributed by atoms with Crippen LogP contribution in [-0.2, 0) is 4.74 Å². The lowest BCUT2D eigenvalue weighted by Crippen LogP contribution is -2.38. The second-order valence-corrected chi connectivity index (χ2v) is 4.94. The highest BCUT2D eigenvalue weighted by Crippen LogP contribution is 2.30. The molecule has 20 heavy (non-hydrogen) atoms. The third-order valence-electron chi connectivity index (χ3n) is 3.53. The molecule has 5 heteroatoms. The molecular weight excluding hydrogens is 258 g/mol. The fraction of sp³-hybridized carbons (Fsp3) is 0.533. The Morgan fingerprint density at radius 1 is 1.40 bits per heavy atom. The summed E-state index contributed by atoms with van der Waals surface area (Å²) in [5.74, 6) is 0.493. The number of hydrogen-bond acceptors (Lipinski definition) is 5. The van der Waals surface area contributed by atoms with Gasteiger partial charge in [-0.25, -0.2) is 0 Å². The Morgan fingerprint density at radius 2 is 2.10 bits per heavy atom. The van der Waals surface area contributed by atoms with Crippen LogP contribution in [0.3, 0.4) is 0 Å². The van der Waals surface area contributed by atoms with E-state index in [1.807, 2.05) is 0 Å². The van der Waals surface area contributed by atoms with Crippen LogP contribution in [0, 0.1) is 6.92 Å². The summed E-state index contributed by atoms with van der Waals surface area (Å²) in [5, 5.41) is 9.97. The summed E-state index contributed by atoms with van der Waals surface area (Å²) in [6, 6.07) is 3.35. The number of nitrogens with zero attached hydrogens (tertiary/aromatic N) is 1. The van der Waals surface area contributed by atoms with Gasteiger partial charge < -0.3 is 14.6 Å². The summed E-state index contributed by atoms with van der Waals surface area (Å²) in [5.41, 5.74) is 0.947. The lowest BCUT2D eigenvalue weighted by Gasteiger charge is -2.26. The average molecular weight is 279 g/mol. The fourth-order valence-electron chi connectivity index (χ4n) is 2.23. The molecule has 1 aromatic rings. The number of ketones is 1. The van der Waals surface area contributed by atoms with Crippen molar-refractivity contribution in [2.75, 3.05) is 39.5 Å². The molecule has 0 aliphatic carbocycles. The first-order valence-electron chi connectivity index (χ1n) is 6.86. The van der Waals surface area contributed by atoms with E-state index in [1.165, 1.54) is 6.92 Å². The van der Waals surface area contributed by atoms with Crippen LogP contribution < -0.4 is 4.74 Å². The number of carbonyl (C=O) groups excluding carboxylic acids is 1. The molecule has 0 amide bonds. The van der Waals surface area contributed by atoms with Crippen LogP contribution in [0.5, 0.6) is 11.5 Å². The van der Waals surface area contributed by atoms with E-state index in [4.69, 9.17) is 9.47 Å². The number of benzene rings is 1. The molecule has 0 spiro atoms. The van der Waals surface area contributed by atoms with Gasteiger partial charge in [0.25, 0.3) is 0 Å². The Kier molecular flexibility index (Phi) is 4.98. The van der Waals surface area contributed by atoms with E-state index in [1.54, 1.807) is 19.1 Å². The van der Waals surface area contributed by atoms with Crippen LogP contribution in [0.2, 0.25) is 0 Å². The maximum atomic E-state index is 11.3. The largest absolute Gasteiger partial charge is 0.507 e. The van der Waals surface area contributed by atoms with Crippen molar-refractivity contribution in [2.45, 2.75) is 13.8 Å². The zero-order valence-corrected chi connectivity index (χ0v) is 12.0. The molecule has 1 aliphatic rings. The van der Waals surface area contributed by atoms with E-state index >= 15 is 0 Å². The lowest BCUT2D eigenvalue weighted by atomic mass is 10.1. The van der Waals surface area contributed by atoms with Crippen LogP contribution in [0.4, 0.5) is 0 Å². The molecule has 2 rings (SSSR count). The third kappa shape index (κ3) is 3.49. The van der Waals surface area contributed by atoms with Crippen LogP contribution in [-0.4, -0.2) is 55.2 Å². The summed E-state index contributed by atoms with van der Waals surface area (Å²) >= 11 is 0. The Balaban J connectivity index is 1.92. The molecule has 0 saturated carbocycles. The topological polar surface area (TPSA) is 59.0 Å². The van der Waals surface area contributed by atoms with Gasteiger partial charge in [-0.1, -0.05) is 0 Å². The van der Waals surface area contributed by atoms with Crippen molar-refractivity contribution >= 4 is 5.78 Å². The quantitative estimate of drug-likeness (QED) is 0.830. The monoisotopic (exact) mass is 279 g/mol. The smallest absolute Gasteiger partial charge is 0.163 e. The van der Waals surface area contributed by atoms with Crippen LogP contribution in [0.1, 0.15) is 22.8 Å². The highest BCUT2D eigenvalue weighted by Gasteiger charge is 2.14. The molecule has 1 heterocycles. The van der Waals surface area contributed by atoms with Gasteiger partial charge in [0, 0.05) is 25.2 Å². The average Bonchev–Trinajstić information content (AvgIpc) is 2.44. The number of aromatic hydroxyl groups is 1. The summed E-state index contributed by atoms with van der Waals surface area (Å²) < 4.78 is 11.0. The number of carbonyl (C=O) groups is 1. The van der Waals surface area contributed by atoms with Crippen molar-refractivity contribution in [3.63, 3.8) is 0 Å². The Labute approximate surface area is 119 Å². The van der Waals surface area contributed by atoms with E-state index < -0.39 is 0 Å². The zero-order valence-electron chi connectivity index (χ0n) is 12.0. The second kappa shape index (κ2) is 6.72. The number of phenolic OH excluding ortho intramolecular Hbond substituents is 1. The van der Waals surface area contributed by atoms with Crippen molar-refractivity contribution in [1.29, 1.82) is 0 Å². The highest BCUT2D eigenvalue weighted by atomic mass is 16.5. The molecule has 110 valence electrons. The number of Topliss-reactive ketones (excluding diaryl/α,β-unsaturated/α-hetero) is 1. The zero-order chi connectivity index (χ0) is 14.5. The van der Waals surface area contributed by atoms with Gasteiger partial charge in [-0.2, -0.15) is 0 Å². The van der Waals surface area contributed by atoms with E-state index in [9.17, 15) is 9.90 Å². The van der Waals surface area contributed by atoms with E-state index in [0.29, 0.717) is 23.5 Å². The van der Waals surface area contributed by atoms with Crippen LogP contribution in [0.15, 0.2) is 12.1 Å². The number of phenols is 1. The minimum Gasteiger partial charge on any atom is -0.507 e. The van der Waals surface area contributed by atoms with E-state index in [2.05, 4.69) is 4.90 Å². The molecule has 0 atom stereocenters. The van der Waals surface area contributed by atoms with Crippen molar-refractivity contribution in [3.05, 3.63) is 23.3 Å². The van der Waals surface area contributed by atoms with E-state index in [-0.39, 0.29) is 11.5 Å². The molecule has 0 bridgehead atoms. The Hall–Kier alpha value is -1.59. The first-order valence-corrected chi connectivity index (χ1v) is 6.86. The van der Waals surface area contributed by atoms with Crippen molar-refractivity contribution in [3.8, 4) is 11.5 Å². The molecule has 1 saturated heterocycles. The normalized spacial score (nSPS) is 16.1. The Morgan fingerprint density at radius 3 is 2.75 bits per heavy atom. The fourth-order valence-corrected chi connectivity index (χ4v) is 2.23.